The van der Waals surface area contributed by atoms with Gasteiger partial charge in [0.15, 0.2) is 0 Å². The maximum absolute atomic E-state index is 12.6. The van der Waals surface area contributed by atoms with Crippen LogP contribution in [0.25, 0.3) is 0 Å². The van der Waals surface area contributed by atoms with Gasteiger partial charge < -0.3 is 4.74 Å². The minimum absolute atomic E-state index is 0.00896. The van der Waals surface area contributed by atoms with Crippen molar-refractivity contribution in [2.75, 3.05) is 6.61 Å². The van der Waals surface area contributed by atoms with Crippen molar-refractivity contribution in [1.82, 2.24) is 0 Å². The van der Waals surface area contributed by atoms with Crippen LogP contribution in [0.5, 0.6) is 5.75 Å². The summed E-state index contributed by atoms with van der Waals surface area (Å²) in [5.41, 5.74) is -0.756. The molecule has 6 heteroatoms. The first-order valence-corrected chi connectivity index (χ1v) is 5.64. The average Bonchev–Trinajstić information content (AvgIpc) is 2.08. The largest absolute Gasteiger partial charge is 0.493 e. The molecule has 1 rings (SSSR count). The molecule has 0 heterocycles. The van der Waals surface area contributed by atoms with Crippen LogP contribution in [0.2, 0.25) is 0 Å². The van der Waals surface area contributed by atoms with E-state index in [-0.39, 0.29) is 14.7 Å². The average molecular weight is 348 g/mol. The van der Waals surface area contributed by atoms with Crippen LogP contribution in [-0.2, 0) is 6.18 Å². The topological polar surface area (TPSA) is 9.23 Å². The molecule has 0 N–H and O–H groups in total. The Labute approximate surface area is 102 Å². The van der Waals surface area contributed by atoms with Gasteiger partial charge in [0.25, 0.3) is 0 Å². The third-order valence-electron chi connectivity index (χ3n) is 1.64. The molecule has 0 bridgehead atoms. The Kier molecular flexibility index (Phi) is 4.06. The molecule has 0 aliphatic carbocycles. The summed E-state index contributed by atoms with van der Waals surface area (Å²) in [6.07, 6.45) is -4.41. The first-order valence-electron chi connectivity index (χ1n) is 4.06. The smallest absolute Gasteiger partial charge is 0.418 e. The molecule has 0 aromatic heterocycles. The van der Waals surface area contributed by atoms with Crippen LogP contribution in [0.3, 0.4) is 0 Å². The van der Waals surface area contributed by atoms with Crippen LogP contribution in [0.4, 0.5) is 13.2 Å². The quantitative estimate of drug-likeness (QED) is 0.758. The minimum atomic E-state index is -4.41. The molecule has 15 heavy (non-hydrogen) atoms. The molecule has 0 atom stereocenters. The Morgan fingerprint density at radius 3 is 2.33 bits per heavy atom. The van der Waals surface area contributed by atoms with Gasteiger partial charge in [0.2, 0.25) is 0 Å². The fraction of sp³-hybridized carbons (Fsp3) is 0.333. The molecule has 0 saturated carbocycles. The number of rotatable bonds is 2. The van der Waals surface area contributed by atoms with Crippen LogP contribution in [0.1, 0.15) is 12.5 Å². The maximum atomic E-state index is 12.6. The zero-order chi connectivity index (χ0) is 11.6. The van der Waals surface area contributed by atoms with Crippen molar-refractivity contribution < 1.29 is 17.9 Å². The van der Waals surface area contributed by atoms with Gasteiger partial charge >= 0.3 is 6.18 Å². The summed E-state index contributed by atoms with van der Waals surface area (Å²) < 4.78 is 42.8. The van der Waals surface area contributed by atoms with Crippen molar-refractivity contribution in [3.8, 4) is 5.75 Å². The van der Waals surface area contributed by atoms with Gasteiger partial charge in [-0.3, -0.25) is 0 Å². The molecule has 0 fully saturated rings. The van der Waals surface area contributed by atoms with Gasteiger partial charge in [-0.25, -0.2) is 0 Å². The number of hydrogen-bond acceptors (Lipinski definition) is 1. The second-order valence-corrected chi connectivity index (χ2v) is 4.31. The second kappa shape index (κ2) is 4.74. The zero-order valence-corrected chi connectivity index (χ0v) is 10.8. The Morgan fingerprint density at radius 2 is 1.87 bits per heavy atom. The molecule has 1 nitrogen and oxygen atoms in total. The van der Waals surface area contributed by atoms with E-state index in [4.69, 9.17) is 4.74 Å². The summed E-state index contributed by atoms with van der Waals surface area (Å²) in [5.74, 6) is 0.188. The van der Waals surface area contributed by atoms with Crippen molar-refractivity contribution in [3.63, 3.8) is 0 Å². The van der Waals surface area contributed by atoms with Crippen molar-refractivity contribution in [1.29, 1.82) is 0 Å². The van der Waals surface area contributed by atoms with E-state index in [2.05, 4.69) is 31.9 Å². The lowest BCUT2D eigenvalue weighted by atomic mass is 10.2. The molecule has 0 aliphatic heterocycles. The Balaban J connectivity index is 3.30. The highest BCUT2D eigenvalue weighted by atomic mass is 79.9. The first-order chi connectivity index (χ1) is 6.88. The Bertz CT molecular complexity index is 363. The van der Waals surface area contributed by atoms with Crippen molar-refractivity contribution in [2.24, 2.45) is 0 Å². The normalized spacial score (nSPS) is 11.6. The SMILES string of the molecule is CCOc1ccc(Br)c(C(F)(F)F)c1Br. The molecule has 84 valence electrons. The molecule has 0 saturated heterocycles. The Morgan fingerprint density at radius 1 is 1.27 bits per heavy atom. The van der Waals surface area contributed by atoms with E-state index in [0.717, 1.165) is 0 Å². The number of ether oxygens (including phenoxy) is 1. The highest BCUT2D eigenvalue weighted by molar-refractivity contribution is 9.11. The number of benzene rings is 1. The van der Waals surface area contributed by atoms with Gasteiger partial charge in [-0.2, -0.15) is 13.2 Å². The molecule has 0 radical (unpaired) electrons. The highest BCUT2D eigenvalue weighted by Crippen LogP contribution is 2.43. The molecule has 0 spiro atoms. The van der Waals surface area contributed by atoms with Crippen LogP contribution < -0.4 is 4.74 Å². The molecule has 0 aliphatic rings. The van der Waals surface area contributed by atoms with E-state index in [1.54, 1.807) is 6.92 Å². The van der Waals surface area contributed by atoms with Gasteiger partial charge in [-0.15, -0.1) is 0 Å². The van der Waals surface area contributed by atoms with Crippen LogP contribution in [0, 0.1) is 0 Å². The van der Waals surface area contributed by atoms with E-state index < -0.39 is 11.7 Å². The van der Waals surface area contributed by atoms with Gasteiger partial charge in [-0.1, -0.05) is 15.9 Å². The lowest BCUT2D eigenvalue weighted by Gasteiger charge is -2.14. The standard InChI is InChI=1S/C9H7Br2F3O/c1-2-15-6-4-3-5(10)7(8(6)11)9(12,13)14/h3-4H,2H2,1H3. The predicted octanol–water partition coefficient (Wildman–Crippen LogP) is 4.63. The van der Waals surface area contributed by atoms with E-state index in [1.165, 1.54) is 12.1 Å². The van der Waals surface area contributed by atoms with Crippen LogP contribution in [0.15, 0.2) is 21.1 Å². The van der Waals surface area contributed by atoms with Crippen LogP contribution in [-0.4, -0.2) is 6.61 Å². The van der Waals surface area contributed by atoms with Crippen molar-refractivity contribution >= 4 is 31.9 Å². The second-order valence-electron chi connectivity index (χ2n) is 2.67. The summed E-state index contributed by atoms with van der Waals surface area (Å²) in [7, 11) is 0. The predicted molar refractivity (Wildman–Crippen MR) is 58.0 cm³/mol. The maximum Gasteiger partial charge on any atom is 0.418 e. The van der Waals surface area contributed by atoms with Crippen molar-refractivity contribution in [3.05, 3.63) is 26.6 Å². The summed E-state index contributed by atoms with van der Waals surface area (Å²) in [6, 6.07) is 2.80. The van der Waals surface area contributed by atoms with Gasteiger partial charge in [0.1, 0.15) is 5.75 Å². The fourth-order valence-electron chi connectivity index (χ4n) is 1.06. The van der Waals surface area contributed by atoms with Gasteiger partial charge in [0.05, 0.1) is 16.6 Å². The third-order valence-corrected chi connectivity index (χ3v) is 3.09. The summed E-state index contributed by atoms with van der Waals surface area (Å²) in [5, 5.41) is 0. The molecule has 0 amide bonds. The Hall–Kier alpha value is -0.230. The summed E-state index contributed by atoms with van der Waals surface area (Å²) in [6.45, 7) is 2.03. The van der Waals surface area contributed by atoms with Crippen LogP contribution >= 0.6 is 31.9 Å². The summed E-state index contributed by atoms with van der Waals surface area (Å²) in [4.78, 5) is 0. The zero-order valence-electron chi connectivity index (χ0n) is 7.66. The third kappa shape index (κ3) is 2.87. The van der Waals surface area contributed by atoms with E-state index in [1.807, 2.05) is 0 Å². The first kappa shape index (κ1) is 12.8. The lowest BCUT2D eigenvalue weighted by molar-refractivity contribution is -0.138. The highest BCUT2D eigenvalue weighted by Gasteiger charge is 2.36. The molecular weight excluding hydrogens is 341 g/mol. The lowest BCUT2D eigenvalue weighted by Crippen LogP contribution is -2.08. The number of hydrogen-bond donors (Lipinski definition) is 0. The molecule has 1 aromatic carbocycles. The van der Waals surface area contributed by atoms with E-state index in [9.17, 15) is 13.2 Å². The number of halogens is 5. The van der Waals surface area contributed by atoms with Gasteiger partial charge in [0, 0.05) is 4.47 Å². The molecular formula is C9H7Br2F3O. The van der Waals surface area contributed by atoms with E-state index >= 15 is 0 Å². The fourth-order valence-corrected chi connectivity index (χ4v) is 2.57. The minimum Gasteiger partial charge on any atom is -0.493 e. The van der Waals surface area contributed by atoms with Crippen molar-refractivity contribution in [2.45, 2.75) is 13.1 Å². The monoisotopic (exact) mass is 346 g/mol. The summed E-state index contributed by atoms with van der Waals surface area (Å²) >= 11 is 5.76. The van der Waals surface area contributed by atoms with Gasteiger partial charge in [-0.05, 0) is 35.0 Å². The molecule has 1 aromatic rings. The number of alkyl halides is 3. The van der Waals surface area contributed by atoms with E-state index in [0.29, 0.717) is 6.61 Å². The molecule has 0 unspecified atom stereocenters.